The maximum Gasteiger partial charge on any atom is 0.268 e. The largest absolute Gasteiger partial charge is 0.345 e. The fourth-order valence-corrected chi connectivity index (χ4v) is 1.83. The molecule has 0 saturated heterocycles. The molecule has 0 atom stereocenters. The molecule has 1 heterocycles. The zero-order valence-electron chi connectivity index (χ0n) is 12.2. The Balaban J connectivity index is 2.09. The number of nitrogens with one attached hydrogen (secondary N) is 2. The first-order valence-corrected chi connectivity index (χ1v) is 6.87. The Morgan fingerprint density at radius 2 is 1.82 bits per heavy atom. The number of hydrogen-bond acceptors (Lipinski definition) is 3. The summed E-state index contributed by atoms with van der Waals surface area (Å²) in [5.74, 6) is -0.653. The lowest BCUT2D eigenvalue weighted by Crippen LogP contribution is -2.33. The van der Waals surface area contributed by atoms with Crippen molar-refractivity contribution in [3.05, 3.63) is 71.7 Å². The van der Waals surface area contributed by atoms with Gasteiger partial charge in [-0.1, -0.05) is 36.4 Å². The number of nitrogens with zero attached hydrogens (tertiary/aromatic N) is 1. The molecule has 0 radical (unpaired) electrons. The van der Waals surface area contributed by atoms with E-state index in [4.69, 9.17) is 0 Å². The summed E-state index contributed by atoms with van der Waals surface area (Å²) in [5.41, 5.74) is 1.78. The lowest BCUT2D eigenvalue weighted by molar-refractivity contribution is -0.122. The Morgan fingerprint density at radius 3 is 2.45 bits per heavy atom. The van der Waals surface area contributed by atoms with Crippen LogP contribution in [0.25, 0.3) is 6.08 Å². The lowest BCUT2D eigenvalue weighted by Gasteiger charge is -2.09. The van der Waals surface area contributed by atoms with Crippen LogP contribution in [0.3, 0.4) is 0 Å². The fraction of sp³-hybridized carbons (Fsp3) is 0.118. The van der Waals surface area contributed by atoms with E-state index in [1.807, 2.05) is 48.5 Å². The molecule has 0 bridgehead atoms. The predicted molar refractivity (Wildman–Crippen MR) is 84.3 cm³/mol. The Labute approximate surface area is 129 Å². The highest BCUT2D eigenvalue weighted by Crippen LogP contribution is 2.05. The van der Waals surface area contributed by atoms with Crippen LogP contribution in [0.5, 0.6) is 0 Å². The number of rotatable bonds is 5. The van der Waals surface area contributed by atoms with Gasteiger partial charge in [-0.2, -0.15) is 0 Å². The topological polar surface area (TPSA) is 71.1 Å². The van der Waals surface area contributed by atoms with Crippen LogP contribution in [-0.4, -0.2) is 16.8 Å². The van der Waals surface area contributed by atoms with Gasteiger partial charge in [-0.3, -0.25) is 14.6 Å². The molecule has 0 aliphatic heterocycles. The SMILES string of the molecule is CC(=O)N/C(=C\c1ccccc1)C(=O)NCc1ccccn1. The van der Waals surface area contributed by atoms with Gasteiger partial charge in [-0.05, 0) is 23.8 Å². The van der Waals surface area contributed by atoms with Crippen molar-refractivity contribution in [1.29, 1.82) is 0 Å². The van der Waals surface area contributed by atoms with E-state index in [0.29, 0.717) is 6.54 Å². The molecule has 112 valence electrons. The number of benzene rings is 1. The van der Waals surface area contributed by atoms with E-state index >= 15 is 0 Å². The van der Waals surface area contributed by atoms with Gasteiger partial charge in [0.15, 0.2) is 0 Å². The number of amides is 2. The summed E-state index contributed by atoms with van der Waals surface area (Å²) >= 11 is 0. The third-order valence-corrected chi connectivity index (χ3v) is 2.82. The predicted octanol–water partition coefficient (Wildman–Crippen LogP) is 1.88. The maximum atomic E-state index is 12.2. The molecule has 2 N–H and O–H groups in total. The number of pyridine rings is 1. The molecule has 0 fully saturated rings. The van der Waals surface area contributed by atoms with Crippen molar-refractivity contribution in [2.75, 3.05) is 0 Å². The first-order valence-electron chi connectivity index (χ1n) is 6.87. The molecule has 2 rings (SSSR count). The van der Waals surface area contributed by atoms with E-state index < -0.39 is 0 Å². The minimum Gasteiger partial charge on any atom is -0.345 e. The molecule has 0 spiro atoms. The zero-order valence-corrected chi connectivity index (χ0v) is 12.2. The normalized spacial score (nSPS) is 10.9. The molecule has 5 heteroatoms. The number of aromatic nitrogens is 1. The fourth-order valence-electron chi connectivity index (χ4n) is 1.83. The van der Waals surface area contributed by atoms with E-state index in [0.717, 1.165) is 11.3 Å². The van der Waals surface area contributed by atoms with Gasteiger partial charge in [0.2, 0.25) is 5.91 Å². The van der Waals surface area contributed by atoms with Crippen LogP contribution in [0.15, 0.2) is 60.4 Å². The molecule has 0 unspecified atom stereocenters. The van der Waals surface area contributed by atoms with Crippen molar-refractivity contribution in [3.8, 4) is 0 Å². The van der Waals surface area contributed by atoms with Crippen LogP contribution in [0, 0.1) is 0 Å². The van der Waals surface area contributed by atoms with Crippen LogP contribution >= 0.6 is 0 Å². The summed E-state index contributed by atoms with van der Waals surface area (Å²) in [6.45, 7) is 1.66. The van der Waals surface area contributed by atoms with Crippen LogP contribution in [0.4, 0.5) is 0 Å². The highest BCUT2D eigenvalue weighted by Gasteiger charge is 2.11. The van der Waals surface area contributed by atoms with Gasteiger partial charge in [-0.15, -0.1) is 0 Å². The number of hydrogen-bond donors (Lipinski definition) is 2. The monoisotopic (exact) mass is 295 g/mol. The summed E-state index contributed by atoms with van der Waals surface area (Å²) in [6, 6.07) is 14.8. The van der Waals surface area contributed by atoms with Gasteiger partial charge in [0, 0.05) is 13.1 Å². The zero-order chi connectivity index (χ0) is 15.8. The Hall–Kier alpha value is -2.95. The molecule has 2 amide bonds. The summed E-state index contributed by atoms with van der Waals surface area (Å²) in [6.07, 6.45) is 3.30. The Bertz CT molecular complexity index is 667. The van der Waals surface area contributed by atoms with E-state index in [9.17, 15) is 9.59 Å². The molecule has 1 aromatic carbocycles. The summed E-state index contributed by atoms with van der Waals surface area (Å²) in [7, 11) is 0. The quantitative estimate of drug-likeness (QED) is 0.827. The molecule has 1 aromatic heterocycles. The van der Waals surface area contributed by atoms with Crippen molar-refractivity contribution in [1.82, 2.24) is 15.6 Å². The molecular formula is C17H17N3O2. The summed E-state index contributed by atoms with van der Waals surface area (Å²) in [5, 5.41) is 5.29. The number of carbonyl (C=O) groups is 2. The maximum absolute atomic E-state index is 12.2. The second-order valence-corrected chi connectivity index (χ2v) is 4.65. The van der Waals surface area contributed by atoms with Gasteiger partial charge in [-0.25, -0.2) is 0 Å². The minimum absolute atomic E-state index is 0.203. The molecule has 0 aliphatic carbocycles. The van der Waals surface area contributed by atoms with Crippen molar-refractivity contribution >= 4 is 17.9 Å². The first-order chi connectivity index (χ1) is 10.6. The summed E-state index contributed by atoms with van der Waals surface area (Å²) in [4.78, 5) is 27.6. The average Bonchev–Trinajstić information content (AvgIpc) is 2.53. The molecule has 0 saturated carbocycles. The Kier molecular flexibility index (Phi) is 5.43. The second kappa shape index (κ2) is 7.73. The molecule has 5 nitrogen and oxygen atoms in total. The van der Waals surface area contributed by atoms with Crippen molar-refractivity contribution < 1.29 is 9.59 Å². The molecular weight excluding hydrogens is 278 g/mol. The van der Waals surface area contributed by atoms with Crippen LogP contribution in [0.1, 0.15) is 18.2 Å². The smallest absolute Gasteiger partial charge is 0.268 e. The van der Waals surface area contributed by atoms with Crippen molar-refractivity contribution in [3.63, 3.8) is 0 Å². The first kappa shape index (κ1) is 15.4. The van der Waals surface area contributed by atoms with Crippen molar-refractivity contribution in [2.24, 2.45) is 0 Å². The van der Waals surface area contributed by atoms with Crippen LogP contribution in [0.2, 0.25) is 0 Å². The van der Waals surface area contributed by atoms with E-state index in [1.54, 1.807) is 12.3 Å². The Morgan fingerprint density at radius 1 is 1.09 bits per heavy atom. The van der Waals surface area contributed by atoms with Gasteiger partial charge in [0.25, 0.3) is 5.91 Å². The van der Waals surface area contributed by atoms with Gasteiger partial charge >= 0.3 is 0 Å². The van der Waals surface area contributed by atoms with Gasteiger partial charge in [0.05, 0.1) is 12.2 Å². The molecule has 22 heavy (non-hydrogen) atoms. The third kappa shape index (κ3) is 4.86. The summed E-state index contributed by atoms with van der Waals surface area (Å²) < 4.78 is 0. The van der Waals surface area contributed by atoms with Gasteiger partial charge in [0.1, 0.15) is 5.70 Å². The van der Waals surface area contributed by atoms with Crippen molar-refractivity contribution in [2.45, 2.75) is 13.5 Å². The number of carbonyl (C=O) groups excluding carboxylic acids is 2. The average molecular weight is 295 g/mol. The standard InChI is InChI=1S/C17H17N3O2/c1-13(21)20-16(11-14-7-3-2-4-8-14)17(22)19-12-15-9-5-6-10-18-15/h2-11H,12H2,1H3,(H,19,22)(H,20,21)/b16-11-. The molecule has 2 aromatic rings. The lowest BCUT2D eigenvalue weighted by atomic mass is 10.2. The van der Waals surface area contributed by atoms with Crippen LogP contribution < -0.4 is 10.6 Å². The molecule has 0 aliphatic rings. The van der Waals surface area contributed by atoms with Crippen LogP contribution in [-0.2, 0) is 16.1 Å². The highest BCUT2D eigenvalue weighted by molar-refractivity contribution is 6.00. The van der Waals surface area contributed by atoms with E-state index in [1.165, 1.54) is 6.92 Å². The second-order valence-electron chi connectivity index (χ2n) is 4.65. The van der Waals surface area contributed by atoms with Gasteiger partial charge < -0.3 is 10.6 Å². The van der Waals surface area contributed by atoms with E-state index in [2.05, 4.69) is 15.6 Å². The van der Waals surface area contributed by atoms with E-state index in [-0.39, 0.29) is 17.5 Å². The highest BCUT2D eigenvalue weighted by atomic mass is 16.2. The minimum atomic E-state index is -0.357. The third-order valence-electron chi connectivity index (χ3n) is 2.82.